The zero-order valence-electron chi connectivity index (χ0n) is 11.6. The normalized spacial score (nSPS) is 29.5. The molecule has 1 N–H and O–H groups in total. The van der Waals surface area contributed by atoms with Gasteiger partial charge in [0.25, 0.3) is 0 Å². The van der Waals surface area contributed by atoms with E-state index in [2.05, 4.69) is 13.2 Å². The molecule has 0 aromatic carbocycles. The zero-order chi connectivity index (χ0) is 15.7. The van der Waals surface area contributed by atoms with Gasteiger partial charge in [0.1, 0.15) is 12.2 Å². The summed E-state index contributed by atoms with van der Waals surface area (Å²) in [5, 5.41) is 9.16. The molecule has 1 saturated carbocycles. The average molecular weight is 292 g/mol. The lowest BCUT2D eigenvalue weighted by molar-refractivity contribution is -0.164. The zero-order valence-corrected chi connectivity index (χ0v) is 11.6. The molecule has 2 aliphatic rings. The van der Waals surface area contributed by atoms with E-state index in [9.17, 15) is 14.4 Å². The van der Waals surface area contributed by atoms with Gasteiger partial charge in [-0.3, -0.25) is 0 Å². The molecule has 1 fully saturated rings. The number of hydrogen-bond acceptors (Lipinski definition) is 5. The van der Waals surface area contributed by atoms with Crippen molar-refractivity contribution in [2.45, 2.75) is 25.6 Å². The fourth-order valence-corrected chi connectivity index (χ4v) is 2.80. The summed E-state index contributed by atoms with van der Waals surface area (Å²) in [6.07, 6.45) is 1.57. The molecule has 0 radical (unpaired) electrons. The van der Waals surface area contributed by atoms with Crippen molar-refractivity contribution in [3.8, 4) is 0 Å². The maximum Gasteiger partial charge on any atom is 0.333 e. The Balaban J connectivity index is 2.24. The SMILES string of the molecule is C=CC(=O)OC1C2C=C(C(=O)O)C(C2)C1OC(=O)C(=C)C. The van der Waals surface area contributed by atoms with Crippen molar-refractivity contribution in [1.82, 2.24) is 0 Å². The third-order valence-corrected chi connectivity index (χ3v) is 3.72. The number of esters is 2. The van der Waals surface area contributed by atoms with Crippen LogP contribution in [0.1, 0.15) is 13.3 Å². The lowest BCUT2D eigenvalue weighted by Crippen LogP contribution is -2.40. The van der Waals surface area contributed by atoms with Gasteiger partial charge >= 0.3 is 17.9 Å². The average Bonchev–Trinajstić information content (AvgIpc) is 2.98. The molecule has 0 aromatic rings. The number of rotatable bonds is 5. The molecule has 4 unspecified atom stereocenters. The summed E-state index contributed by atoms with van der Waals surface area (Å²) < 4.78 is 10.5. The monoisotopic (exact) mass is 292 g/mol. The number of fused-ring (bicyclic) bond motifs is 2. The first-order valence-corrected chi connectivity index (χ1v) is 6.49. The Morgan fingerprint density at radius 2 is 2.00 bits per heavy atom. The number of carbonyl (C=O) groups excluding carboxylic acids is 2. The molecule has 4 atom stereocenters. The summed E-state index contributed by atoms with van der Waals surface area (Å²) in [6.45, 7) is 8.30. The molecule has 0 aromatic heterocycles. The molecule has 0 aliphatic heterocycles. The van der Waals surface area contributed by atoms with Crippen LogP contribution in [0.5, 0.6) is 0 Å². The topological polar surface area (TPSA) is 89.9 Å². The predicted molar refractivity (Wildman–Crippen MR) is 72.1 cm³/mol. The molecule has 0 amide bonds. The van der Waals surface area contributed by atoms with Crippen molar-refractivity contribution in [1.29, 1.82) is 0 Å². The summed E-state index contributed by atoms with van der Waals surface area (Å²) in [4.78, 5) is 34.3. The number of carbonyl (C=O) groups is 3. The highest BCUT2D eigenvalue weighted by Crippen LogP contribution is 2.47. The third kappa shape index (κ3) is 2.74. The first-order valence-electron chi connectivity index (χ1n) is 6.49. The van der Waals surface area contributed by atoms with Crippen LogP contribution in [-0.2, 0) is 23.9 Å². The Kier molecular flexibility index (Phi) is 3.97. The molecule has 112 valence electrons. The molecular formula is C15H16O6. The van der Waals surface area contributed by atoms with Crippen LogP contribution in [0.2, 0.25) is 0 Å². The van der Waals surface area contributed by atoms with Crippen molar-refractivity contribution < 1.29 is 29.0 Å². The van der Waals surface area contributed by atoms with E-state index in [1.54, 1.807) is 6.08 Å². The first kappa shape index (κ1) is 15.0. The predicted octanol–water partition coefficient (Wildman–Crippen LogP) is 1.23. The van der Waals surface area contributed by atoms with E-state index in [4.69, 9.17) is 14.6 Å². The minimum absolute atomic E-state index is 0.199. The minimum Gasteiger partial charge on any atom is -0.478 e. The van der Waals surface area contributed by atoms with Crippen LogP contribution in [-0.4, -0.2) is 35.2 Å². The van der Waals surface area contributed by atoms with Gasteiger partial charge in [0, 0.05) is 29.1 Å². The van der Waals surface area contributed by atoms with Crippen LogP contribution in [0.4, 0.5) is 0 Å². The van der Waals surface area contributed by atoms with Crippen LogP contribution in [0.15, 0.2) is 36.5 Å². The van der Waals surface area contributed by atoms with Gasteiger partial charge in [-0.1, -0.05) is 19.2 Å². The van der Waals surface area contributed by atoms with Gasteiger partial charge in [0.2, 0.25) is 0 Å². The van der Waals surface area contributed by atoms with Crippen molar-refractivity contribution in [2.75, 3.05) is 0 Å². The third-order valence-electron chi connectivity index (χ3n) is 3.72. The highest BCUT2D eigenvalue weighted by Gasteiger charge is 2.54. The molecule has 2 aliphatic carbocycles. The van der Waals surface area contributed by atoms with Crippen LogP contribution in [0.25, 0.3) is 0 Å². The highest BCUT2D eigenvalue weighted by atomic mass is 16.6. The fourth-order valence-electron chi connectivity index (χ4n) is 2.80. The molecule has 0 spiro atoms. The number of carboxylic acid groups (broad SMARTS) is 1. The Morgan fingerprint density at radius 3 is 2.52 bits per heavy atom. The summed E-state index contributed by atoms with van der Waals surface area (Å²) in [6, 6.07) is 0. The highest BCUT2D eigenvalue weighted by molar-refractivity contribution is 5.90. The van der Waals surface area contributed by atoms with E-state index < -0.39 is 36.0 Å². The molecule has 6 nitrogen and oxygen atoms in total. The van der Waals surface area contributed by atoms with E-state index in [1.807, 2.05) is 0 Å². The summed E-state index contributed by atoms with van der Waals surface area (Å²) in [5.74, 6) is -3.05. The van der Waals surface area contributed by atoms with E-state index in [0.29, 0.717) is 6.42 Å². The maximum atomic E-state index is 11.7. The van der Waals surface area contributed by atoms with E-state index in [0.717, 1.165) is 6.08 Å². The lowest BCUT2D eigenvalue weighted by atomic mass is 9.93. The number of ether oxygens (including phenoxy) is 2. The Morgan fingerprint density at radius 1 is 1.33 bits per heavy atom. The Labute approximate surface area is 121 Å². The molecule has 21 heavy (non-hydrogen) atoms. The van der Waals surface area contributed by atoms with E-state index >= 15 is 0 Å². The first-order chi connectivity index (χ1) is 9.85. The van der Waals surface area contributed by atoms with Gasteiger partial charge in [-0.15, -0.1) is 0 Å². The molecule has 0 heterocycles. The Bertz CT molecular complexity index is 559. The number of aliphatic carboxylic acids is 1. The van der Waals surface area contributed by atoms with Crippen LogP contribution in [0, 0.1) is 11.8 Å². The van der Waals surface area contributed by atoms with Gasteiger partial charge in [0.15, 0.2) is 0 Å². The second-order valence-electron chi connectivity index (χ2n) is 5.19. The Hall–Kier alpha value is -2.37. The molecule has 2 bridgehead atoms. The van der Waals surface area contributed by atoms with Crippen LogP contribution >= 0.6 is 0 Å². The van der Waals surface area contributed by atoms with Gasteiger partial charge < -0.3 is 14.6 Å². The van der Waals surface area contributed by atoms with Crippen molar-refractivity contribution in [2.24, 2.45) is 11.8 Å². The minimum atomic E-state index is -1.05. The van der Waals surface area contributed by atoms with Crippen LogP contribution in [0.3, 0.4) is 0 Å². The number of carboxylic acids is 1. The number of hydrogen-bond donors (Lipinski definition) is 1. The van der Waals surface area contributed by atoms with Gasteiger partial charge in [-0.2, -0.15) is 0 Å². The van der Waals surface area contributed by atoms with Crippen molar-refractivity contribution in [3.63, 3.8) is 0 Å². The summed E-state index contributed by atoms with van der Waals surface area (Å²) >= 11 is 0. The lowest BCUT2D eigenvalue weighted by Gasteiger charge is -2.29. The molecule has 0 saturated heterocycles. The van der Waals surface area contributed by atoms with Crippen LogP contribution < -0.4 is 0 Å². The summed E-state index contributed by atoms with van der Waals surface area (Å²) in [5.41, 5.74) is 0.401. The van der Waals surface area contributed by atoms with Crippen molar-refractivity contribution in [3.05, 3.63) is 36.5 Å². The second-order valence-corrected chi connectivity index (χ2v) is 5.19. The quantitative estimate of drug-likeness (QED) is 0.605. The molecule has 6 heteroatoms. The second kappa shape index (κ2) is 5.55. The molecular weight excluding hydrogens is 276 g/mol. The van der Waals surface area contributed by atoms with Gasteiger partial charge in [-0.05, 0) is 13.3 Å². The smallest absolute Gasteiger partial charge is 0.333 e. The van der Waals surface area contributed by atoms with Crippen molar-refractivity contribution >= 4 is 17.9 Å². The molecule has 2 rings (SSSR count). The maximum absolute atomic E-state index is 11.7. The van der Waals surface area contributed by atoms with Gasteiger partial charge in [-0.25, -0.2) is 14.4 Å². The van der Waals surface area contributed by atoms with E-state index in [-0.39, 0.29) is 17.1 Å². The largest absolute Gasteiger partial charge is 0.478 e. The van der Waals surface area contributed by atoms with Gasteiger partial charge in [0.05, 0.1) is 0 Å². The standard InChI is InChI=1S/C15H16O6/c1-4-11(16)20-12-8-5-9(10(6-8)14(17)18)13(12)21-15(19)7(2)3/h4,6,8-9,12-13H,1-2,5H2,3H3,(H,17,18). The van der Waals surface area contributed by atoms with E-state index in [1.165, 1.54) is 6.92 Å². The fraction of sp³-hybridized carbons (Fsp3) is 0.400. The summed E-state index contributed by atoms with van der Waals surface area (Å²) in [7, 11) is 0.